The third-order valence-electron chi connectivity index (χ3n) is 7.00. The number of aromatic nitrogens is 2. The molecule has 5 rings (SSSR count). The third kappa shape index (κ3) is 4.37. The topological polar surface area (TPSA) is 133 Å². The Morgan fingerprint density at radius 2 is 1.66 bits per heavy atom. The second kappa shape index (κ2) is 9.25. The van der Waals surface area contributed by atoms with E-state index in [-0.39, 0.29) is 30.6 Å². The fraction of sp³-hybridized carbons (Fsp3) is 0.308. The van der Waals surface area contributed by atoms with Crippen molar-refractivity contribution in [3.8, 4) is 11.1 Å². The van der Waals surface area contributed by atoms with Gasteiger partial charge in [-0.25, -0.2) is 4.79 Å². The van der Waals surface area contributed by atoms with Crippen molar-refractivity contribution >= 4 is 23.8 Å². The number of carbonyl (C=O) groups excluding carboxylic acids is 2. The van der Waals surface area contributed by atoms with Gasteiger partial charge >= 0.3 is 12.1 Å². The first kappa shape index (κ1) is 22.6. The normalized spacial score (nSPS) is 15.8. The average Bonchev–Trinajstić information content (AvgIpc) is 3.60. The van der Waals surface area contributed by atoms with Gasteiger partial charge in [0.05, 0.1) is 5.41 Å². The van der Waals surface area contributed by atoms with Crippen LogP contribution >= 0.6 is 0 Å². The standard InChI is InChI=1S/C26H26N4O5/c31-23(27-15-26(24(32)33)11-5-6-12-26)21-13-22(30-29-21)28-25(34)35-14-20-18-9-3-1-7-16(18)17-8-2-4-10-19(17)20/h1-4,7-10,13,20H,5-6,11-12,14-15H2,(H,27,31)(H,32,33)(H2,28,29,30,34). The van der Waals surface area contributed by atoms with Crippen molar-refractivity contribution in [2.45, 2.75) is 31.6 Å². The number of nitrogens with one attached hydrogen (secondary N) is 3. The molecule has 9 nitrogen and oxygen atoms in total. The molecule has 0 bridgehead atoms. The Morgan fingerprint density at radius 3 is 2.29 bits per heavy atom. The van der Waals surface area contributed by atoms with E-state index < -0.39 is 23.4 Å². The van der Waals surface area contributed by atoms with Crippen molar-refractivity contribution < 1.29 is 24.2 Å². The van der Waals surface area contributed by atoms with Gasteiger partial charge in [-0.3, -0.25) is 20.0 Å². The van der Waals surface area contributed by atoms with Gasteiger partial charge in [0, 0.05) is 18.5 Å². The highest BCUT2D eigenvalue weighted by atomic mass is 16.5. The second-order valence-corrected chi connectivity index (χ2v) is 9.09. The number of H-pyrrole nitrogens is 1. The smallest absolute Gasteiger partial charge is 0.412 e. The van der Waals surface area contributed by atoms with Crippen LogP contribution in [0.15, 0.2) is 54.6 Å². The molecule has 0 radical (unpaired) electrons. The number of aromatic amines is 1. The number of amides is 2. The molecule has 0 atom stereocenters. The number of hydrogen-bond donors (Lipinski definition) is 4. The number of hydrogen-bond acceptors (Lipinski definition) is 5. The van der Waals surface area contributed by atoms with Crippen molar-refractivity contribution in [3.05, 3.63) is 71.4 Å². The first-order valence-electron chi connectivity index (χ1n) is 11.7. The number of benzene rings is 2. The van der Waals surface area contributed by atoms with Crippen LogP contribution in [0, 0.1) is 5.41 Å². The third-order valence-corrected chi connectivity index (χ3v) is 7.00. The zero-order chi connectivity index (χ0) is 24.4. The van der Waals surface area contributed by atoms with Crippen molar-refractivity contribution in [2.75, 3.05) is 18.5 Å². The van der Waals surface area contributed by atoms with Crippen molar-refractivity contribution in [2.24, 2.45) is 5.41 Å². The molecule has 4 N–H and O–H groups in total. The van der Waals surface area contributed by atoms with Crippen LogP contribution in [0.2, 0.25) is 0 Å². The van der Waals surface area contributed by atoms with E-state index in [1.165, 1.54) is 6.07 Å². The first-order chi connectivity index (χ1) is 17.0. The highest BCUT2D eigenvalue weighted by Crippen LogP contribution is 2.44. The van der Waals surface area contributed by atoms with Crippen LogP contribution in [0.25, 0.3) is 11.1 Å². The van der Waals surface area contributed by atoms with Crippen LogP contribution in [0.5, 0.6) is 0 Å². The zero-order valence-corrected chi connectivity index (χ0v) is 19.0. The highest BCUT2D eigenvalue weighted by Gasteiger charge is 2.41. The van der Waals surface area contributed by atoms with Gasteiger partial charge in [-0.05, 0) is 35.1 Å². The lowest BCUT2D eigenvalue weighted by molar-refractivity contribution is -0.148. The van der Waals surface area contributed by atoms with Gasteiger partial charge < -0.3 is 15.2 Å². The number of rotatable bonds is 7. The maximum absolute atomic E-state index is 12.5. The van der Waals surface area contributed by atoms with Gasteiger partial charge in [0.1, 0.15) is 12.3 Å². The van der Waals surface area contributed by atoms with Crippen molar-refractivity contribution in [3.63, 3.8) is 0 Å². The molecule has 2 aromatic carbocycles. The van der Waals surface area contributed by atoms with Gasteiger partial charge in [-0.1, -0.05) is 61.4 Å². The summed E-state index contributed by atoms with van der Waals surface area (Å²) in [5, 5.41) is 21.3. The number of fused-ring (bicyclic) bond motifs is 3. The minimum atomic E-state index is -0.919. The summed E-state index contributed by atoms with van der Waals surface area (Å²) in [5.74, 6) is -1.30. The summed E-state index contributed by atoms with van der Waals surface area (Å²) in [5.41, 5.74) is 3.71. The fourth-order valence-corrected chi connectivity index (χ4v) is 5.10. The molecule has 2 aliphatic carbocycles. The maximum atomic E-state index is 12.5. The van der Waals surface area contributed by atoms with Gasteiger partial charge in [0.2, 0.25) is 0 Å². The van der Waals surface area contributed by atoms with Gasteiger partial charge in [0.25, 0.3) is 5.91 Å². The minimum Gasteiger partial charge on any atom is -0.481 e. The SMILES string of the molecule is O=C(Nc1cc(C(=O)NCC2(C(=O)O)CCCC2)[nH]n1)OCC1c2ccccc2-c2ccccc21. The van der Waals surface area contributed by atoms with Crippen LogP contribution in [0.1, 0.15) is 53.2 Å². The van der Waals surface area contributed by atoms with E-state index in [9.17, 15) is 19.5 Å². The predicted octanol–water partition coefficient (Wildman–Crippen LogP) is 4.15. The van der Waals surface area contributed by atoms with E-state index in [0.29, 0.717) is 12.8 Å². The Kier molecular flexibility index (Phi) is 5.98. The second-order valence-electron chi connectivity index (χ2n) is 9.09. The first-order valence-corrected chi connectivity index (χ1v) is 11.7. The Bertz CT molecular complexity index is 1230. The van der Waals surface area contributed by atoms with E-state index in [1.807, 2.05) is 36.4 Å². The summed E-state index contributed by atoms with van der Waals surface area (Å²) in [7, 11) is 0. The molecular formula is C26H26N4O5. The van der Waals surface area contributed by atoms with E-state index in [0.717, 1.165) is 35.1 Å². The lowest BCUT2D eigenvalue weighted by atomic mass is 9.86. The Morgan fingerprint density at radius 1 is 1.03 bits per heavy atom. The number of nitrogens with zero attached hydrogens (tertiary/aromatic N) is 1. The van der Waals surface area contributed by atoms with Crippen LogP contribution in [0.4, 0.5) is 10.6 Å². The number of carbonyl (C=O) groups is 3. The molecule has 35 heavy (non-hydrogen) atoms. The summed E-state index contributed by atoms with van der Waals surface area (Å²) in [6.07, 6.45) is 2.07. The molecule has 0 spiro atoms. The molecule has 0 saturated heterocycles. The highest BCUT2D eigenvalue weighted by molar-refractivity contribution is 5.94. The van der Waals surface area contributed by atoms with Gasteiger partial charge in [-0.15, -0.1) is 0 Å². The minimum absolute atomic E-state index is 0.0509. The van der Waals surface area contributed by atoms with Crippen molar-refractivity contribution in [1.82, 2.24) is 15.5 Å². The summed E-state index contributed by atoms with van der Waals surface area (Å²) in [4.78, 5) is 36.6. The van der Waals surface area contributed by atoms with Gasteiger partial charge in [-0.2, -0.15) is 5.10 Å². The monoisotopic (exact) mass is 474 g/mol. The van der Waals surface area contributed by atoms with E-state index in [2.05, 4.69) is 33.0 Å². The van der Waals surface area contributed by atoms with Gasteiger partial charge in [0.15, 0.2) is 5.82 Å². The Hall–Kier alpha value is -4.14. The molecule has 2 aliphatic rings. The summed E-state index contributed by atoms with van der Waals surface area (Å²) >= 11 is 0. The lowest BCUT2D eigenvalue weighted by Gasteiger charge is -2.23. The average molecular weight is 475 g/mol. The summed E-state index contributed by atoms with van der Waals surface area (Å²) in [6, 6.07) is 17.5. The Balaban J connectivity index is 1.17. The molecule has 0 aliphatic heterocycles. The molecule has 2 amide bonds. The zero-order valence-electron chi connectivity index (χ0n) is 19.0. The molecule has 180 valence electrons. The molecule has 9 heteroatoms. The van der Waals surface area contributed by atoms with Crippen LogP contribution in [-0.4, -0.2) is 46.4 Å². The molecular weight excluding hydrogens is 448 g/mol. The van der Waals surface area contributed by atoms with E-state index >= 15 is 0 Å². The fourth-order valence-electron chi connectivity index (χ4n) is 5.10. The van der Waals surface area contributed by atoms with E-state index in [1.54, 1.807) is 0 Å². The molecule has 1 saturated carbocycles. The largest absolute Gasteiger partial charge is 0.481 e. The van der Waals surface area contributed by atoms with E-state index in [4.69, 9.17) is 4.74 Å². The molecule has 1 fully saturated rings. The van der Waals surface area contributed by atoms with Crippen LogP contribution < -0.4 is 10.6 Å². The molecule has 1 aromatic heterocycles. The number of carboxylic acids is 1. The molecule has 1 heterocycles. The quantitative estimate of drug-likeness (QED) is 0.407. The number of anilines is 1. The predicted molar refractivity (Wildman–Crippen MR) is 128 cm³/mol. The molecule has 3 aromatic rings. The summed E-state index contributed by atoms with van der Waals surface area (Å²) in [6.45, 7) is 0.213. The van der Waals surface area contributed by atoms with Crippen molar-refractivity contribution in [1.29, 1.82) is 0 Å². The number of aliphatic carboxylic acids is 1. The summed E-state index contributed by atoms with van der Waals surface area (Å²) < 4.78 is 5.50. The lowest BCUT2D eigenvalue weighted by Crippen LogP contribution is -2.41. The Labute approximate surface area is 201 Å². The van der Waals surface area contributed by atoms with Crippen LogP contribution in [-0.2, 0) is 9.53 Å². The number of carboxylic acid groups (broad SMARTS) is 1. The maximum Gasteiger partial charge on any atom is 0.412 e. The number of ether oxygens (including phenoxy) is 1. The molecule has 0 unspecified atom stereocenters. The van der Waals surface area contributed by atoms with Crippen LogP contribution in [0.3, 0.4) is 0 Å².